The Hall–Kier alpha value is -2.42. The largest absolute Gasteiger partial charge is 0.502 e. The lowest BCUT2D eigenvalue weighted by Crippen LogP contribution is -2.47. The molecule has 8 nitrogen and oxygen atoms in total. The minimum Gasteiger partial charge on any atom is -0.502 e. The number of phenolic OH excluding ortho intramolecular Hbond substituents is 1. The third kappa shape index (κ3) is 3.37. The van der Waals surface area contributed by atoms with E-state index in [2.05, 4.69) is 15.9 Å². The summed E-state index contributed by atoms with van der Waals surface area (Å²) in [6.07, 6.45) is 4.50. The quantitative estimate of drug-likeness (QED) is 0.261. The Morgan fingerprint density at radius 2 is 1.76 bits per heavy atom. The molecule has 1 aromatic carbocycles. The van der Waals surface area contributed by atoms with Crippen LogP contribution in [-0.4, -0.2) is 27.8 Å². The van der Waals surface area contributed by atoms with Gasteiger partial charge in [0.25, 0.3) is 5.79 Å². The van der Waals surface area contributed by atoms with Gasteiger partial charge in [-0.1, -0.05) is 22.4 Å². The molecule has 2 fully saturated rings. The Bertz CT molecular complexity index is 774. The van der Waals surface area contributed by atoms with Gasteiger partial charge in [0.15, 0.2) is 0 Å². The lowest BCUT2D eigenvalue weighted by atomic mass is 9.93. The van der Waals surface area contributed by atoms with Gasteiger partial charge in [0, 0.05) is 28.9 Å². The summed E-state index contributed by atoms with van der Waals surface area (Å²) in [6.45, 7) is 0. The SMILES string of the molecule is O=C1OC2(CCCCC2)OC(=O)C1=Cc1cc(Br)cc([N+](=O)[O-])c1O. The third-order valence-corrected chi connectivity index (χ3v) is 4.65. The van der Waals surface area contributed by atoms with Gasteiger partial charge in [-0.3, -0.25) is 10.1 Å². The number of nitro groups is 1. The number of halogens is 1. The monoisotopic (exact) mass is 411 g/mol. The highest BCUT2D eigenvalue weighted by Gasteiger charge is 2.46. The number of phenols is 1. The van der Waals surface area contributed by atoms with Crippen LogP contribution in [0.4, 0.5) is 5.69 Å². The van der Waals surface area contributed by atoms with Crippen molar-refractivity contribution < 1.29 is 29.1 Å². The number of rotatable bonds is 2. The van der Waals surface area contributed by atoms with Crippen LogP contribution in [0.25, 0.3) is 6.08 Å². The van der Waals surface area contributed by atoms with Crippen molar-refractivity contribution >= 4 is 39.6 Å². The highest BCUT2D eigenvalue weighted by atomic mass is 79.9. The maximum atomic E-state index is 12.3. The first kappa shape index (κ1) is 17.4. The molecule has 1 saturated carbocycles. The molecule has 0 atom stereocenters. The number of ether oxygens (including phenoxy) is 2. The molecule has 0 radical (unpaired) electrons. The third-order valence-electron chi connectivity index (χ3n) is 4.19. The number of hydrogen-bond acceptors (Lipinski definition) is 7. The van der Waals surface area contributed by atoms with E-state index in [9.17, 15) is 24.8 Å². The summed E-state index contributed by atoms with van der Waals surface area (Å²) < 4.78 is 11.0. The van der Waals surface area contributed by atoms with Crippen LogP contribution in [0, 0.1) is 10.1 Å². The molecule has 1 N–H and O–H groups in total. The van der Waals surface area contributed by atoms with Crippen molar-refractivity contribution in [1.29, 1.82) is 0 Å². The molecule has 3 rings (SSSR count). The van der Waals surface area contributed by atoms with Crippen molar-refractivity contribution in [3.05, 3.63) is 37.9 Å². The number of nitro benzene ring substituents is 1. The van der Waals surface area contributed by atoms with E-state index in [-0.39, 0.29) is 5.56 Å². The molecule has 9 heteroatoms. The number of carbonyl (C=O) groups excluding carboxylic acids is 2. The number of benzene rings is 1. The minimum absolute atomic E-state index is 0.0652. The second kappa shape index (κ2) is 6.47. The highest BCUT2D eigenvalue weighted by Crippen LogP contribution is 2.39. The molecular weight excluding hydrogens is 398 g/mol. The van der Waals surface area contributed by atoms with Gasteiger partial charge in [0.1, 0.15) is 5.57 Å². The molecule has 1 heterocycles. The normalized spacial score (nSPS) is 19.3. The van der Waals surface area contributed by atoms with Crippen molar-refractivity contribution in [3.63, 3.8) is 0 Å². The fourth-order valence-corrected chi connectivity index (χ4v) is 3.44. The van der Waals surface area contributed by atoms with Crippen LogP contribution in [0.2, 0.25) is 0 Å². The second-order valence-corrected chi connectivity index (χ2v) is 6.84. The smallest absolute Gasteiger partial charge is 0.348 e. The standard InChI is InChI=1S/C16H14BrNO7/c17-10-6-9(13(19)12(8-10)18(22)23)7-11-14(20)24-16(25-15(11)21)4-2-1-3-5-16/h6-8,19H,1-5H2. The average Bonchev–Trinajstić information content (AvgIpc) is 2.54. The Labute approximate surface area is 150 Å². The van der Waals surface area contributed by atoms with Crippen LogP contribution in [0.5, 0.6) is 5.75 Å². The zero-order chi connectivity index (χ0) is 18.2. The van der Waals surface area contributed by atoms with Crippen LogP contribution in [0.1, 0.15) is 37.7 Å². The summed E-state index contributed by atoms with van der Waals surface area (Å²) in [4.78, 5) is 34.8. The van der Waals surface area contributed by atoms with Gasteiger partial charge in [-0.15, -0.1) is 0 Å². The van der Waals surface area contributed by atoms with Gasteiger partial charge >= 0.3 is 17.6 Å². The van der Waals surface area contributed by atoms with Crippen LogP contribution < -0.4 is 0 Å². The number of esters is 2. The molecule has 1 aromatic rings. The molecular formula is C16H14BrNO7. The van der Waals surface area contributed by atoms with Gasteiger partial charge in [0.2, 0.25) is 5.75 Å². The molecule has 1 saturated heterocycles. The first-order valence-electron chi connectivity index (χ1n) is 7.67. The Kier molecular flexibility index (Phi) is 4.51. The average molecular weight is 412 g/mol. The number of carbonyl (C=O) groups is 2. The van der Waals surface area contributed by atoms with E-state index in [1.807, 2.05) is 0 Å². The van der Waals surface area contributed by atoms with Crippen LogP contribution >= 0.6 is 15.9 Å². The van der Waals surface area contributed by atoms with Crippen molar-refractivity contribution in [2.45, 2.75) is 37.9 Å². The predicted octanol–water partition coefficient (Wildman–Crippen LogP) is 3.21. The topological polar surface area (TPSA) is 116 Å². The Balaban J connectivity index is 1.96. The second-order valence-electron chi connectivity index (χ2n) is 5.93. The van der Waals surface area contributed by atoms with E-state index in [0.29, 0.717) is 17.3 Å². The molecule has 0 aromatic heterocycles. The zero-order valence-corrected chi connectivity index (χ0v) is 14.6. The molecule has 0 amide bonds. The van der Waals surface area contributed by atoms with Crippen molar-refractivity contribution in [2.75, 3.05) is 0 Å². The van der Waals surface area contributed by atoms with Gasteiger partial charge in [-0.2, -0.15) is 0 Å². The molecule has 0 bridgehead atoms. The first-order chi connectivity index (χ1) is 11.8. The fraction of sp³-hybridized carbons (Fsp3) is 0.375. The van der Waals surface area contributed by atoms with Gasteiger partial charge in [0.05, 0.1) is 4.92 Å². The first-order valence-corrected chi connectivity index (χ1v) is 8.46. The van der Waals surface area contributed by atoms with Crippen molar-refractivity contribution in [3.8, 4) is 5.75 Å². The predicted molar refractivity (Wildman–Crippen MR) is 88.4 cm³/mol. The minimum atomic E-state index is -1.21. The molecule has 132 valence electrons. The summed E-state index contributed by atoms with van der Waals surface area (Å²) in [7, 11) is 0. The van der Waals surface area contributed by atoms with Crippen molar-refractivity contribution in [2.24, 2.45) is 0 Å². The lowest BCUT2D eigenvalue weighted by molar-refractivity contribution is -0.386. The van der Waals surface area contributed by atoms with E-state index in [4.69, 9.17) is 9.47 Å². The Morgan fingerprint density at radius 3 is 2.32 bits per heavy atom. The summed E-state index contributed by atoms with van der Waals surface area (Å²) >= 11 is 3.09. The summed E-state index contributed by atoms with van der Waals surface area (Å²) in [5.41, 5.74) is -1.04. The zero-order valence-electron chi connectivity index (χ0n) is 13.0. The molecule has 1 aliphatic heterocycles. The van der Waals surface area contributed by atoms with Crippen LogP contribution in [0.15, 0.2) is 22.2 Å². The maximum Gasteiger partial charge on any atom is 0.348 e. The van der Waals surface area contributed by atoms with E-state index in [0.717, 1.165) is 31.4 Å². The van der Waals surface area contributed by atoms with Crippen LogP contribution in [-0.2, 0) is 19.1 Å². The highest BCUT2D eigenvalue weighted by molar-refractivity contribution is 9.10. The van der Waals surface area contributed by atoms with Crippen LogP contribution in [0.3, 0.4) is 0 Å². The molecule has 1 aliphatic carbocycles. The van der Waals surface area contributed by atoms with E-state index in [1.54, 1.807) is 0 Å². The molecule has 25 heavy (non-hydrogen) atoms. The lowest BCUT2D eigenvalue weighted by Gasteiger charge is -2.38. The molecule has 1 spiro atoms. The summed E-state index contributed by atoms with van der Waals surface area (Å²) in [6, 6.07) is 2.47. The Morgan fingerprint density at radius 1 is 1.16 bits per heavy atom. The summed E-state index contributed by atoms with van der Waals surface area (Å²) in [5, 5.41) is 21.0. The summed E-state index contributed by atoms with van der Waals surface area (Å²) in [5.74, 6) is -3.59. The number of nitrogens with zero attached hydrogens (tertiary/aromatic N) is 1. The van der Waals surface area contributed by atoms with Gasteiger partial charge < -0.3 is 14.6 Å². The van der Waals surface area contributed by atoms with Crippen molar-refractivity contribution in [1.82, 2.24) is 0 Å². The van der Waals surface area contributed by atoms with Gasteiger partial charge in [-0.25, -0.2) is 9.59 Å². The van der Waals surface area contributed by atoms with E-state index >= 15 is 0 Å². The molecule has 2 aliphatic rings. The fourth-order valence-electron chi connectivity index (χ4n) is 2.97. The van der Waals surface area contributed by atoms with E-state index < -0.39 is 39.7 Å². The maximum absolute atomic E-state index is 12.3. The number of hydrogen-bond donors (Lipinski definition) is 1. The molecule has 0 unspecified atom stereocenters. The van der Waals surface area contributed by atoms with Gasteiger partial charge in [-0.05, 0) is 25.0 Å². The number of aromatic hydroxyl groups is 1. The van der Waals surface area contributed by atoms with E-state index in [1.165, 1.54) is 6.07 Å².